The highest BCUT2D eigenvalue weighted by atomic mass is 16.5. The number of hydrogen-bond donors (Lipinski definition) is 1. The van der Waals surface area contributed by atoms with Crippen molar-refractivity contribution >= 4 is 22.7 Å². The number of nitrogens with one attached hydrogen (secondary N) is 1. The zero-order valence-electron chi connectivity index (χ0n) is 11.9. The Morgan fingerprint density at radius 2 is 2.00 bits per heavy atom. The van der Waals surface area contributed by atoms with Crippen molar-refractivity contribution in [2.75, 3.05) is 5.32 Å². The lowest BCUT2D eigenvalue weighted by molar-refractivity contribution is 0.158. The van der Waals surface area contributed by atoms with Crippen LogP contribution in [0.25, 0.3) is 17.0 Å². The maximum absolute atomic E-state index is 6.42. The van der Waals surface area contributed by atoms with Gasteiger partial charge in [-0.3, -0.25) is 4.98 Å². The summed E-state index contributed by atoms with van der Waals surface area (Å²) in [4.78, 5) is 4.51. The average Bonchev–Trinajstić information content (AvgIpc) is 2.92. The molecule has 1 atom stereocenters. The van der Waals surface area contributed by atoms with E-state index in [1.54, 1.807) is 0 Å². The van der Waals surface area contributed by atoms with Gasteiger partial charge in [0, 0.05) is 29.3 Å². The second-order valence-electron chi connectivity index (χ2n) is 5.84. The molecule has 1 spiro atoms. The molecular formula is C19H14N2O. The van der Waals surface area contributed by atoms with Crippen molar-refractivity contribution < 1.29 is 4.74 Å². The average molecular weight is 286 g/mol. The van der Waals surface area contributed by atoms with Crippen LogP contribution in [0.1, 0.15) is 11.1 Å². The monoisotopic (exact) mass is 286 g/mol. The van der Waals surface area contributed by atoms with Gasteiger partial charge < -0.3 is 10.1 Å². The van der Waals surface area contributed by atoms with Crippen LogP contribution < -0.4 is 10.1 Å². The molecule has 106 valence electrons. The molecule has 3 heteroatoms. The fraction of sp³-hybridized carbons (Fsp3) is 0.105. The number of rotatable bonds is 0. The van der Waals surface area contributed by atoms with Gasteiger partial charge >= 0.3 is 0 Å². The normalized spacial score (nSPS) is 21.3. The number of pyridine rings is 1. The molecule has 1 aromatic heterocycles. The molecular weight excluding hydrogens is 272 g/mol. The van der Waals surface area contributed by atoms with Gasteiger partial charge in [0.15, 0.2) is 5.75 Å². The Hall–Kier alpha value is -2.81. The molecule has 1 N–H and O–H groups in total. The first-order valence-corrected chi connectivity index (χ1v) is 7.45. The van der Waals surface area contributed by atoms with Crippen LogP contribution in [-0.4, -0.2) is 10.7 Å². The first-order chi connectivity index (χ1) is 10.8. The van der Waals surface area contributed by atoms with Crippen molar-refractivity contribution in [1.82, 2.24) is 4.98 Å². The van der Waals surface area contributed by atoms with Gasteiger partial charge in [0.1, 0.15) is 5.52 Å². The summed E-state index contributed by atoms with van der Waals surface area (Å²) in [5.41, 5.74) is 3.92. The smallest absolute Gasteiger partial charge is 0.204 e. The number of fused-ring (bicyclic) bond motifs is 4. The summed E-state index contributed by atoms with van der Waals surface area (Å²) in [6.45, 7) is 0. The van der Waals surface area contributed by atoms with E-state index < -0.39 is 5.72 Å². The van der Waals surface area contributed by atoms with E-state index in [1.165, 1.54) is 5.56 Å². The molecule has 3 heterocycles. The lowest BCUT2D eigenvalue weighted by Gasteiger charge is -2.32. The van der Waals surface area contributed by atoms with Crippen LogP contribution in [0.2, 0.25) is 0 Å². The Kier molecular flexibility index (Phi) is 2.20. The summed E-state index contributed by atoms with van der Waals surface area (Å²) in [7, 11) is 0. The molecule has 1 unspecified atom stereocenters. The zero-order chi connectivity index (χ0) is 14.6. The van der Waals surface area contributed by atoms with Crippen molar-refractivity contribution in [1.29, 1.82) is 0 Å². The van der Waals surface area contributed by atoms with Gasteiger partial charge in [-0.15, -0.1) is 0 Å². The molecule has 3 aromatic rings. The van der Waals surface area contributed by atoms with E-state index in [2.05, 4.69) is 58.9 Å². The van der Waals surface area contributed by atoms with E-state index in [1.807, 2.05) is 18.3 Å². The van der Waals surface area contributed by atoms with Crippen LogP contribution >= 0.6 is 0 Å². The lowest BCUT2D eigenvalue weighted by Crippen LogP contribution is -2.42. The maximum atomic E-state index is 6.42. The van der Waals surface area contributed by atoms with Crippen molar-refractivity contribution in [2.45, 2.75) is 12.1 Å². The van der Waals surface area contributed by atoms with Gasteiger partial charge in [-0.2, -0.15) is 0 Å². The van der Waals surface area contributed by atoms with Crippen LogP contribution in [-0.2, 0) is 6.42 Å². The number of nitrogens with zero attached hydrogens (tertiary/aromatic N) is 1. The summed E-state index contributed by atoms with van der Waals surface area (Å²) in [5, 5.41) is 4.62. The highest BCUT2D eigenvalue weighted by molar-refractivity contribution is 5.89. The number of ether oxygens (including phenoxy) is 1. The summed E-state index contributed by atoms with van der Waals surface area (Å²) < 4.78 is 6.42. The summed E-state index contributed by atoms with van der Waals surface area (Å²) in [5.74, 6) is 0.862. The molecule has 0 bridgehead atoms. The fourth-order valence-electron chi connectivity index (χ4n) is 3.33. The van der Waals surface area contributed by atoms with E-state index >= 15 is 0 Å². The van der Waals surface area contributed by atoms with Crippen LogP contribution in [0.5, 0.6) is 5.75 Å². The Balaban J connectivity index is 1.64. The zero-order valence-corrected chi connectivity index (χ0v) is 11.9. The molecule has 0 saturated heterocycles. The van der Waals surface area contributed by atoms with Gasteiger partial charge in [0.05, 0.1) is 0 Å². The number of para-hydroxylation sites is 1. The number of hydrogen-bond acceptors (Lipinski definition) is 3. The third kappa shape index (κ3) is 1.59. The second-order valence-corrected chi connectivity index (χ2v) is 5.84. The number of aromatic nitrogens is 1. The van der Waals surface area contributed by atoms with E-state index in [-0.39, 0.29) is 0 Å². The highest BCUT2D eigenvalue weighted by Crippen LogP contribution is 2.41. The molecule has 3 nitrogen and oxygen atoms in total. The van der Waals surface area contributed by atoms with Gasteiger partial charge in [0.2, 0.25) is 5.72 Å². The van der Waals surface area contributed by atoms with Crippen molar-refractivity contribution in [2.24, 2.45) is 0 Å². The van der Waals surface area contributed by atoms with E-state index in [0.29, 0.717) is 0 Å². The van der Waals surface area contributed by atoms with Gasteiger partial charge in [-0.05, 0) is 29.8 Å². The van der Waals surface area contributed by atoms with Crippen molar-refractivity contribution in [3.05, 3.63) is 71.9 Å². The Morgan fingerprint density at radius 1 is 1.05 bits per heavy atom. The minimum Gasteiger partial charge on any atom is -0.461 e. The predicted octanol–water partition coefficient (Wildman–Crippen LogP) is 4.00. The number of benzene rings is 2. The Labute approximate surface area is 128 Å². The minimum absolute atomic E-state index is 0.498. The van der Waals surface area contributed by atoms with Crippen LogP contribution in [0.15, 0.2) is 60.8 Å². The van der Waals surface area contributed by atoms with Gasteiger partial charge in [-0.1, -0.05) is 36.4 Å². The highest BCUT2D eigenvalue weighted by Gasteiger charge is 2.39. The van der Waals surface area contributed by atoms with Crippen LogP contribution in [0, 0.1) is 0 Å². The summed E-state index contributed by atoms with van der Waals surface area (Å²) in [6.07, 6.45) is 6.88. The van der Waals surface area contributed by atoms with E-state index in [4.69, 9.17) is 4.74 Å². The van der Waals surface area contributed by atoms with Crippen molar-refractivity contribution in [3.8, 4) is 5.75 Å². The molecule has 2 aliphatic rings. The lowest BCUT2D eigenvalue weighted by atomic mass is 10.0. The third-order valence-corrected chi connectivity index (χ3v) is 4.39. The van der Waals surface area contributed by atoms with Crippen LogP contribution in [0.4, 0.5) is 5.69 Å². The Bertz CT molecular complexity index is 905. The quantitative estimate of drug-likeness (QED) is 0.678. The van der Waals surface area contributed by atoms with E-state index in [9.17, 15) is 0 Å². The minimum atomic E-state index is -0.498. The maximum Gasteiger partial charge on any atom is 0.204 e. The fourth-order valence-corrected chi connectivity index (χ4v) is 3.33. The first-order valence-electron chi connectivity index (χ1n) is 7.45. The third-order valence-electron chi connectivity index (χ3n) is 4.39. The predicted molar refractivity (Wildman–Crippen MR) is 87.9 cm³/mol. The van der Waals surface area contributed by atoms with Gasteiger partial charge in [0.25, 0.3) is 0 Å². The summed E-state index contributed by atoms with van der Waals surface area (Å²) >= 11 is 0. The standard InChI is InChI=1S/C19H14N2O/c1-2-6-16-15(4-1)12-19(21-16)10-9-14-8-7-13-5-3-11-20-17(13)18(14)22-19/h1-11,21H,12H2. The topological polar surface area (TPSA) is 34.1 Å². The molecule has 0 aliphatic carbocycles. The first kappa shape index (κ1) is 11.8. The molecule has 0 saturated carbocycles. The molecule has 0 amide bonds. The van der Waals surface area contributed by atoms with Gasteiger partial charge in [-0.25, -0.2) is 0 Å². The van der Waals surface area contributed by atoms with E-state index in [0.717, 1.165) is 34.3 Å². The Morgan fingerprint density at radius 3 is 2.95 bits per heavy atom. The second kappa shape index (κ2) is 4.10. The number of anilines is 1. The molecule has 2 aliphatic heterocycles. The van der Waals surface area contributed by atoms with Crippen molar-refractivity contribution in [3.63, 3.8) is 0 Å². The summed E-state index contributed by atoms with van der Waals surface area (Å²) in [6, 6.07) is 16.5. The largest absolute Gasteiger partial charge is 0.461 e. The molecule has 5 rings (SSSR count). The molecule has 22 heavy (non-hydrogen) atoms. The molecule has 2 aromatic carbocycles. The molecule has 0 radical (unpaired) electrons. The molecule has 0 fully saturated rings. The SMILES string of the molecule is C1=CC2(Cc3ccccc3N2)Oc2c1ccc1cccnc21. The van der Waals surface area contributed by atoms with Crippen LogP contribution in [0.3, 0.4) is 0 Å².